The molecule has 2 N–H and O–H groups in total. The van der Waals surface area contributed by atoms with Gasteiger partial charge in [0, 0.05) is 22.1 Å². The van der Waals surface area contributed by atoms with E-state index in [1.807, 2.05) is 42.5 Å². The molecule has 0 spiro atoms. The van der Waals surface area contributed by atoms with E-state index in [0.717, 1.165) is 44.8 Å². The average Bonchev–Trinajstić information content (AvgIpc) is 3.32. The molecule has 0 amide bonds. The van der Waals surface area contributed by atoms with Gasteiger partial charge in [-0.1, -0.05) is 0 Å². The second kappa shape index (κ2) is 6.27. The normalized spacial score (nSPS) is 12.2. The van der Waals surface area contributed by atoms with Crippen LogP contribution in [0.1, 0.15) is 22.8 Å². The van der Waals surface area contributed by atoms with Gasteiger partial charge in [0.05, 0.1) is 22.8 Å². The molecule has 5 rings (SSSR count). The van der Waals surface area contributed by atoms with Crippen molar-refractivity contribution in [2.24, 2.45) is 0 Å². The van der Waals surface area contributed by atoms with Crippen LogP contribution in [0.5, 0.6) is 0 Å². The zero-order chi connectivity index (χ0) is 15.9. The van der Waals surface area contributed by atoms with Gasteiger partial charge in [-0.2, -0.15) is 0 Å². The first kappa shape index (κ1) is 15.7. The maximum absolute atomic E-state index is 4.62. The number of fused-ring (bicyclic) bond motifs is 8. The fourth-order valence-corrected chi connectivity index (χ4v) is 2.94. The first-order valence-corrected chi connectivity index (χ1v) is 7.85. The Kier molecular flexibility index (Phi) is 3.95. The van der Waals surface area contributed by atoms with Crippen molar-refractivity contribution in [3.05, 3.63) is 71.3 Å². The Balaban J connectivity index is 0.00000157. The topological polar surface area (TPSA) is 57.4 Å². The molecule has 2 aliphatic heterocycles. The molecule has 114 valence electrons. The zero-order valence-electron chi connectivity index (χ0n) is 13.4. The number of aromatic amines is 2. The summed E-state index contributed by atoms with van der Waals surface area (Å²) in [6, 6.07) is 16.4. The molecule has 0 aromatic carbocycles. The molecular weight excluding hydrogens is 366 g/mol. The molecule has 0 atom stereocenters. The van der Waals surface area contributed by atoms with Crippen LogP contribution in [-0.2, 0) is 0 Å². The Morgan fingerprint density at radius 2 is 0.840 bits per heavy atom. The molecule has 0 unspecified atom stereocenters. The SMILES string of the molecule is C1=Cc2cc3ccc(cc4ccc(cc5nc(cc1n2)C=C5)[nH]4)[nH]3.[Ga+3]. The molecule has 8 bridgehead atoms. The predicted molar refractivity (Wildman–Crippen MR) is 105 cm³/mol. The molecular formula is C20H14GaN4+3. The number of nitrogens with one attached hydrogen (secondary N) is 2. The van der Waals surface area contributed by atoms with E-state index in [-0.39, 0.29) is 19.8 Å². The second-order valence-corrected chi connectivity index (χ2v) is 5.91. The number of hydrogen-bond donors (Lipinski definition) is 2. The van der Waals surface area contributed by atoms with Crippen LogP contribution in [0.3, 0.4) is 0 Å². The first-order valence-electron chi connectivity index (χ1n) is 7.85. The predicted octanol–water partition coefficient (Wildman–Crippen LogP) is 4.27. The van der Waals surface area contributed by atoms with Crippen LogP contribution in [0.15, 0.2) is 48.5 Å². The Labute approximate surface area is 157 Å². The van der Waals surface area contributed by atoms with Gasteiger partial charge in [0.1, 0.15) is 0 Å². The maximum Gasteiger partial charge on any atom is 3.00 e. The molecule has 0 radical (unpaired) electrons. The van der Waals surface area contributed by atoms with E-state index < -0.39 is 0 Å². The van der Waals surface area contributed by atoms with Gasteiger partial charge in [-0.05, 0) is 72.8 Å². The number of rotatable bonds is 0. The summed E-state index contributed by atoms with van der Waals surface area (Å²) in [7, 11) is 0. The summed E-state index contributed by atoms with van der Waals surface area (Å²) in [4.78, 5) is 16.0. The summed E-state index contributed by atoms with van der Waals surface area (Å²) >= 11 is 0. The summed E-state index contributed by atoms with van der Waals surface area (Å²) < 4.78 is 0. The third kappa shape index (κ3) is 3.24. The molecule has 4 nitrogen and oxygen atoms in total. The third-order valence-corrected chi connectivity index (χ3v) is 4.04. The molecule has 3 aromatic rings. The van der Waals surface area contributed by atoms with E-state index in [1.54, 1.807) is 0 Å². The van der Waals surface area contributed by atoms with Crippen molar-refractivity contribution in [2.75, 3.05) is 0 Å². The molecule has 0 aliphatic carbocycles. The van der Waals surface area contributed by atoms with Gasteiger partial charge in [-0.3, -0.25) is 0 Å². The molecule has 0 saturated carbocycles. The number of aromatic nitrogens is 4. The summed E-state index contributed by atoms with van der Waals surface area (Å²) in [5, 5.41) is 0. The Morgan fingerprint density at radius 1 is 0.480 bits per heavy atom. The van der Waals surface area contributed by atoms with Crippen LogP contribution in [0.4, 0.5) is 0 Å². The minimum atomic E-state index is 0. The number of hydrogen-bond acceptors (Lipinski definition) is 2. The molecule has 0 fully saturated rings. The molecule has 5 heterocycles. The van der Waals surface area contributed by atoms with Gasteiger partial charge >= 0.3 is 19.8 Å². The van der Waals surface area contributed by atoms with Gasteiger partial charge < -0.3 is 9.97 Å². The minimum absolute atomic E-state index is 0. The van der Waals surface area contributed by atoms with E-state index in [1.165, 1.54) is 0 Å². The third-order valence-electron chi connectivity index (χ3n) is 4.04. The van der Waals surface area contributed by atoms with E-state index in [0.29, 0.717) is 0 Å². The summed E-state index contributed by atoms with van der Waals surface area (Å²) in [6.45, 7) is 0. The van der Waals surface area contributed by atoms with Crippen molar-refractivity contribution in [3.63, 3.8) is 0 Å². The van der Waals surface area contributed by atoms with Crippen molar-refractivity contribution >= 4 is 66.2 Å². The van der Waals surface area contributed by atoms with E-state index in [2.05, 4.69) is 50.3 Å². The van der Waals surface area contributed by atoms with E-state index in [4.69, 9.17) is 0 Å². The fraction of sp³-hybridized carbons (Fsp3) is 0. The molecule has 2 aliphatic rings. The number of nitrogens with zero attached hydrogens (tertiary/aromatic N) is 2. The Morgan fingerprint density at radius 3 is 1.28 bits per heavy atom. The smallest absolute Gasteiger partial charge is 0.355 e. The van der Waals surface area contributed by atoms with Crippen molar-refractivity contribution in [1.82, 2.24) is 19.9 Å². The van der Waals surface area contributed by atoms with Crippen LogP contribution < -0.4 is 0 Å². The zero-order valence-corrected chi connectivity index (χ0v) is 15.8. The second-order valence-electron chi connectivity index (χ2n) is 5.91. The van der Waals surface area contributed by atoms with Gasteiger partial charge in [-0.15, -0.1) is 0 Å². The van der Waals surface area contributed by atoms with E-state index in [9.17, 15) is 0 Å². The molecule has 3 aromatic heterocycles. The molecule has 5 heteroatoms. The van der Waals surface area contributed by atoms with Crippen LogP contribution in [0.25, 0.3) is 46.4 Å². The van der Waals surface area contributed by atoms with Gasteiger partial charge in [-0.25, -0.2) is 9.97 Å². The van der Waals surface area contributed by atoms with Crippen molar-refractivity contribution in [1.29, 1.82) is 0 Å². The van der Waals surface area contributed by atoms with Crippen molar-refractivity contribution in [2.45, 2.75) is 0 Å². The van der Waals surface area contributed by atoms with Gasteiger partial charge in [0.2, 0.25) is 0 Å². The standard InChI is InChI=1S/C20H14N4.Ga/c1-2-14-10-16-5-6-18(23-16)12-20-8-7-19(24-20)11-17-4-3-15(22-17)9-13(1)21-14;/h1-12,21-22H;/q;+3. The average molecular weight is 380 g/mol. The Bertz CT molecular complexity index is 1080. The van der Waals surface area contributed by atoms with Crippen LogP contribution in [0.2, 0.25) is 0 Å². The molecule has 0 saturated heterocycles. The summed E-state index contributed by atoms with van der Waals surface area (Å²) in [6.07, 6.45) is 8.05. The van der Waals surface area contributed by atoms with Crippen molar-refractivity contribution < 1.29 is 0 Å². The molecule has 25 heavy (non-hydrogen) atoms. The maximum atomic E-state index is 4.62. The van der Waals surface area contributed by atoms with Crippen LogP contribution in [0, 0.1) is 0 Å². The summed E-state index contributed by atoms with van der Waals surface area (Å²) in [5.74, 6) is 0. The van der Waals surface area contributed by atoms with E-state index >= 15 is 0 Å². The number of H-pyrrole nitrogens is 2. The first-order chi connectivity index (χ1) is 11.8. The van der Waals surface area contributed by atoms with Gasteiger partial charge in [0.25, 0.3) is 0 Å². The minimum Gasteiger partial charge on any atom is -0.355 e. The van der Waals surface area contributed by atoms with Crippen molar-refractivity contribution in [3.8, 4) is 0 Å². The van der Waals surface area contributed by atoms with Crippen LogP contribution in [-0.4, -0.2) is 39.7 Å². The largest absolute Gasteiger partial charge is 3.00 e. The fourth-order valence-electron chi connectivity index (χ4n) is 2.94. The quantitative estimate of drug-likeness (QED) is 0.394. The monoisotopic (exact) mass is 379 g/mol. The Hall–Kier alpha value is -2.76. The van der Waals surface area contributed by atoms with Gasteiger partial charge in [0.15, 0.2) is 0 Å². The summed E-state index contributed by atoms with van der Waals surface area (Å²) in [5.41, 5.74) is 7.86. The van der Waals surface area contributed by atoms with Crippen LogP contribution >= 0.6 is 0 Å².